The van der Waals surface area contributed by atoms with Gasteiger partial charge in [0.05, 0.1) is 5.75 Å². The summed E-state index contributed by atoms with van der Waals surface area (Å²) < 4.78 is 13.4. The van der Waals surface area contributed by atoms with Crippen LogP contribution in [0.4, 0.5) is 10.2 Å². The zero-order valence-electron chi connectivity index (χ0n) is 10.1. The number of hydrogen-bond acceptors (Lipinski definition) is 4. The highest BCUT2D eigenvalue weighted by Gasteiger charge is 2.04. The van der Waals surface area contributed by atoms with Crippen LogP contribution in [0.3, 0.4) is 0 Å². The SMILES string of the molecule is CCNc1ccnc(CSc2ccccc2F)n1. The van der Waals surface area contributed by atoms with Crippen molar-refractivity contribution in [2.24, 2.45) is 0 Å². The highest BCUT2D eigenvalue weighted by molar-refractivity contribution is 7.98. The van der Waals surface area contributed by atoms with Crippen molar-refractivity contribution >= 4 is 17.6 Å². The third kappa shape index (κ3) is 3.43. The van der Waals surface area contributed by atoms with E-state index in [0.29, 0.717) is 16.5 Å². The summed E-state index contributed by atoms with van der Waals surface area (Å²) in [7, 11) is 0. The van der Waals surface area contributed by atoms with E-state index in [2.05, 4.69) is 15.3 Å². The van der Waals surface area contributed by atoms with Crippen molar-refractivity contribution in [1.29, 1.82) is 0 Å². The fourth-order valence-corrected chi connectivity index (χ4v) is 2.26. The van der Waals surface area contributed by atoms with Gasteiger partial charge < -0.3 is 5.32 Å². The number of anilines is 1. The number of aromatic nitrogens is 2. The molecular formula is C13H14FN3S. The van der Waals surface area contributed by atoms with Gasteiger partial charge in [0, 0.05) is 17.6 Å². The van der Waals surface area contributed by atoms with Gasteiger partial charge in [0.1, 0.15) is 17.5 Å². The Bertz CT molecular complexity index is 519. The van der Waals surface area contributed by atoms with Crippen molar-refractivity contribution < 1.29 is 4.39 Å². The first-order chi connectivity index (χ1) is 8.79. The first-order valence-electron chi connectivity index (χ1n) is 5.72. The Morgan fingerprint density at radius 2 is 2.11 bits per heavy atom. The molecule has 0 aliphatic carbocycles. The van der Waals surface area contributed by atoms with Gasteiger partial charge in [-0.3, -0.25) is 0 Å². The van der Waals surface area contributed by atoms with Crippen LogP contribution in [-0.2, 0) is 5.75 Å². The van der Waals surface area contributed by atoms with E-state index in [1.165, 1.54) is 17.8 Å². The van der Waals surface area contributed by atoms with Gasteiger partial charge in [0.2, 0.25) is 0 Å². The molecule has 2 aromatic rings. The van der Waals surface area contributed by atoms with Gasteiger partial charge in [-0.15, -0.1) is 11.8 Å². The molecule has 0 fully saturated rings. The summed E-state index contributed by atoms with van der Waals surface area (Å²) in [5, 5.41) is 3.12. The molecule has 0 unspecified atom stereocenters. The summed E-state index contributed by atoms with van der Waals surface area (Å²) in [6.07, 6.45) is 1.71. The van der Waals surface area contributed by atoms with Gasteiger partial charge >= 0.3 is 0 Å². The molecule has 1 aromatic heterocycles. The normalized spacial score (nSPS) is 10.3. The Balaban J connectivity index is 2.02. The molecule has 0 saturated heterocycles. The van der Waals surface area contributed by atoms with Gasteiger partial charge in [-0.2, -0.15) is 0 Å². The molecule has 1 N–H and O–H groups in total. The molecule has 3 nitrogen and oxygen atoms in total. The van der Waals surface area contributed by atoms with Crippen molar-refractivity contribution in [3.63, 3.8) is 0 Å². The van der Waals surface area contributed by atoms with Crippen LogP contribution in [0.1, 0.15) is 12.7 Å². The Labute approximate surface area is 110 Å². The maximum atomic E-state index is 13.4. The second kappa shape index (κ2) is 6.35. The van der Waals surface area contributed by atoms with Crippen LogP contribution in [0.15, 0.2) is 41.4 Å². The van der Waals surface area contributed by atoms with E-state index in [1.807, 2.05) is 19.1 Å². The highest BCUT2D eigenvalue weighted by Crippen LogP contribution is 2.24. The largest absolute Gasteiger partial charge is 0.370 e. The van der Waals surface area contributed by atoms with Crippen molar-refractivity contribution in [1.82, 2.24) is 9.97 Å². The first-order valence-corrected chi connectivity index (χ1v) is 6.71. The molecule has 94 valence electrons. The standard InChI is InChI=1S/C13H14FN3S/c1-2-15-12-7-8-16-13(17-12)9-18-11-6-4-3-5-10(11)14/h3-8H,2,9H2,1H3,(H,15,16,17). The minimum Gasteiger partial charge on any atom is -0.370 e. The van der Waals surface area contributed by atoms with E-state index in [9.17, 15) is 4.39 Å². The minimum absolute atomic E-state index is 0.203. The van der Waals surface area contributed by atoms with Gasteiger partial charge in [-0.25, -0.2) is 14.4 Å². The van der Waals surface area contributed by atoms with E-state index in [-0.39, 0.29) is 5.82 Å². The van der Waals surface area contributed by atoms with Crippen molar-refractivity contribution in [2.75, 3.05) is 11.9 Å². The molecule has 0 spiro atoms. The predicted molar refractivity (Wildman–Crippen MR) is 72.2 cm³/mol. The predicted octanol–water partition coefficient (Wildman–Crippen LogP) is 3.34. The fraction of sp³-hybridized carbons (Fsp3) is 0.231. The molecular weight excluding hydrogens is 249 g/mol. The van der Waals surface area contributed by atoms with Crippen molar-refractivity contribution in [3.05, 3.63) is 48.2 Å². The molecule has 0 amide bonds. The molecule has 0 bridgehead atoms. The van der Waals surface area contributed by atoms with Crippen LogP contribution < -0.4 is 5.32 Å². The van der Waals surface area contributed by atoms with Gasteiger partial charge in [-0.1, -0.05) is 12.1 Å². The molecule has 1 heterocycles. The highest BCUT2D eigenvalue weighted by atomic mass is 32.2. The Kier molecular flexibility index (Phi) is 4.52. The third-order valence-electron chi connectivity index (χ3n) is 2.26. The summed E-state index contributed by atoms with van der Waals surface area (Å²) >= 11 is 1.40. The average molecular weight is 263 g/mol. The lowest BCUT2D eigenvalue weighted by Gasteiger charge is -2.05. The van der Waals surface area contributed by atoms with E-state index >= 15 is 0 Å². The maximum Gasteiger partial charge on any atom is 0.140 e. The lowest BCUT2D eigenvalue weighted by atomic mass is 10.3. The maximum absolute atomic E-state index is 13.4. The van der Waals surface area contributed by atoms with Crippen molar-refractivity contribution in [2.45, 2.75) is 17.6 Å². The topological polar surface area (TPSA) is 37.8 Å². The lowest BCUT2D eigenvalue weighted by molar-refractivity contribution is 0.602. The number of halogens is 1. The van der Waals surface area contributed by atoms with Gasteiger partial charge in [0.15, 0.2) is 0 Å². The molecule has 2 rings (SSSR count). The van der Waals surface area contributed by atoms with E-state index in [0.717, 1.165) is 12.4 Å². The monoisotopic (exact) mass is 263 g/mol. The smallest absolute Gasteiger partial charge is 0.140 e. The Morgan fingerprint density at radius 1 is 1.28 bits per heavy atom. The quantitative estimate of drug-likeness (QED) is 0.840. The zero-order chi connectivity index (χ0) is 12.8. The minimum atomic E-state index is -0.203. The van der Waals surface area contributed by atoms with Crippen LogP contribution in [0.5, 0.6) is 0 Å². The summed E-state index contributed by atoms with van der Waals surface area (Å²) in [5.41, 5.74) is 0. The van der Waals surface area contributed by atoms with E-state index < -0.39 is 0 Å². The summed E-state index contributed by atoms with van der Waals surface area (Å²) in [6, 6.07) is 8.54. The Hall–Kier alpha value is -1.62. The average Bonchev–Trinajstić information content (AvgIpc) is 2.39. The van der Waals surface area contributed by atoms with Gasteiger partial charge in [-0.05, 0) is 25.1 Å². The molecule has 1 aromatic carbocycles. The second-order valence-electron chi connectivity index (χ2n) is 3.61. The van der Waals surface area contributed by atoms with Crippen LogP contribution in [0, 0.1) is 5.82 Å². The number of nitrogens with zero attached hydrogens (tertiary/aromatic N) is 2. The summed E-state index contributed by atoms with van der Waals surface area (Å²) in [5.74, 6) is 1.85. The second-order valence-corrected chi connectivity index (χ2v) is 4.62. The van der Waals surface area contributed by atoms with Crippen LogP contribution in [-0.4, -0.2) is 16.5 Å². The fourth-order valence-electron chi connectivity index (χ4n) is 1.45. The zero-order valence-corrected chi connectivity index (χ0v) is 10.9. The molecule has 0 saturated carbocycles. The number of nitrogens with one attached hydrogen (secondary N) is 1. The Morgan fingerprint density at radius 3 is 2.89 bits per heavy atom. The number of benzene rings is 1. The molecule has 0 aliphatic rings. The number of rotatable bonds is 5. The van der Waals surface area contributed by atoms with Crippen LogP contribution in [0.25, 0.3) is 0 Å². The number of thioether (sulfide) groups is 1. The van der Waals surface area contributed by atoms with Crippen molar-refractivity contribution in [3.8, 4) is 0 Å². The van der Waals surface area contributed by atoms with Crippen LogP contribution in [0.2, 0.25) is 0 Å². The molecule has 0 aliphatic heterocycles. The third-order valence-corrected chi connectivity index (χ3v) is 3.30. The van der Waals surface area contributed by atoms with Crippen LogP contribution >= 0.6 is 11.8 Å². The van der Waals surface area contributed by atoms with E-state index in [4.69, 9.17) is 0 Å². The molecule has 0 atom stereocenters. The summed E-state index contributed by atoms with van der Waals surface area (Å²) in [4.78, 5) is 9.13. The molecule has 0 radical (unpaired) electrons. The number of hydrogen-bond donors (Lipinski definition) is 1. The lowest BCUT2D eigenvalue weighted by Crippen LogP contribution is -2.02. The first kappa shape index (κ1) is 12.8. The van der Waals surface area contributed by atoms with E-state index in [1.54, 1.807) is 18.3 Å². The summed E-state index contributed by atoms with van der Waals surface area (Å²) in [6.45, 7) is 2.83. The van der Waals surface area contributed by atoms with Gasteiger partial charge in [0.25, 0.3) is 0 Å². The molecule has 18 heavy (non-hydrogen) atoms. The molecule has 5 heteroatoms.